The van der Waals surface area contributed by atoms with Crippen LogP contribution >= 0.6 is 0 Å². The van der Waals surface area contributed by atoms with Gasteiger partial charge in [0.1, 0.15) is 17.9 Å². The number of carbonyl (C=O) groups is 1. The lowest BCUT2D eigenvalue weighted by Crippen LogP contribution is -2.42. The fraction of sp³-hybridized carbons (Fsp3) is 0.526. The summed E-state index contributed by atoms with van der Waals surface area (Å²) < 4.78 is 5.25. The van der Waals surface area contributed by atoms with Crippen molar-refractivity contribution < 1.29 is 9.32 Å². The van der Waals surface area contributed by atoms with Crippen LogP contribution in [-0.4, -0.2) is 34.1 Å². The molecule has 142 valence electrons. The summed E-state index contributed by atoms with van der Waals surface area (Å²) in [7, 11) is 0. The van der Waals surface area contributed by atoms with Crippen molar-refractivity contribution in [1.29, 1.82) is 5.26 Å². The summed E-state index contributed by atoms with van der Waals surface area (Å²) in [5, 5.41) is 15.8. The van der Waals surface area contributed by atoms with E-state index >= 15 is 0 Å². The molecule has 1 amide bonds. The molecule has 1 fully saturated rings. The van der Waals surface area contributed by atoms with Crippen molar-refractivity contribution in [2.24, 2.45) is 11.8 Å². The van der Waals surface area contributed by atoms with E-state index in [4.69, 9.17) is 9.78 Å². The van der Waals surface area contributed by atoms with Crippen molar-refractivity contribution in [3.05, 3.63) is 35.6 Å². The summed E-state index contributed by atoms with van der Waals surface area (Å²) in [5.74, 6) is 1.98. The Balaban J connectivity index is 1.58. The lowest BCUT2D eigenvalue weighted by atomic mass is 9.94. The van der Waals surface area contributed by atoms with Gasteiger partial charge in [-0.05, 0) is 37.8 Å². The second-order valence-electron chi connectivity index (χ2n) is 7.19. The smallest absolute Gasteiger partial charge is 0.249 e. The molecule has 0 aromatic carbocycles. The number of pyridine rings is 1. The fourth-order valence-corrected chi connectivity index (χ4v) is 3.23. The number of nitrogens with zero attached hydrogens (tertiary/aromatic N) is 5. The summed E-state index contributed by atoms with van der Waals surface area (Å²) in [5.41, 5.74) is 0.545. The molecule has 1 aliphatic heterocycles. The molecular formula is C19H24N6O2. The van der Waals surface area contributed by atoms with Crippen molar-refractivity contribution in [2.45, 2.75) is 39.7 Å². The van der Waals surface area contributed by atoms with E-state index in [0.29, 0.717) is 17.3 Å². The molecule has 0 saturated carbocycles. The fourth-order valence-electron chi connectivity index (χ4n) is 3.23. The summed E-state index contributed by atoms with van der Waals surface area (Å²) in [6.07, 6.45) is 3.08. The minimum Gasteiger partial charge on any atom is -0.357 e. The van der Waals surface area contributed by atoms with Gasteiger partial charge < -0.3 is 14.7 Å². The molecule has 0 radical (unpaired) electrons. The predicted octanol–water partition coefficient (Wildman–Crippen LogP) is 2.37. The van der Waals surface area contributed by atoms with Crippen LogP contribution in [0.25, 0.3) is 0 Å². The van der Waals surface area contributed by atoms with E-state index in [0.717, 1.165) is 31.7 Å². The maximum absolute atomic E-state index is 12.7. The molecule has 2 aromatic heterocycles. The Labute approximate surface area is 158 Å². The first kappa shape index (κ1) is 18.8. The number of anilines is 1. The molecule has 1 atom stereocenters. The van der Waals surface area contributed by atoms with E-state index in [1.807, 2.05) is 19.9 Å². The minimum absolute atomic E-state index is 0.0250. The number of piperidine rings is 1. The zero-order valence-corrected chi connectivity index (χ0v) is 15.8. The van der Waals surface area contributed by atoms with Crippen molar-refractivity contribution in [3.8, 4) is 6.07 Å². The molecule has 1 unspecified atom stereocenters. The molecule has 2 aromatic rings. The molecule has 8 nitrogen and oxygen atoms in total. The molecule has 0 spiro atoms. The molecule has 1 saturated heterocycles. The van der Waals surface area contributed by atoms with Gasteiger partial charge in [-0.3, -0.25) is 4.79 Å². The van der Waals surface area contributed by atoms with Gasteiger partial charge in [-0.1, -0.05) is 19.0 Å². The van der Waals surface area contributed by atoms with E-state index < -0.39 is 0 Å². The van der Waals surface area contributed by atoms with Gasteiger partial charge in [0.2, 0.25) is 11.8 Å². The molecule has 8 heteroatoms. The van der Waals surface area contributed by atoms with Crippen molar-refractivity contribution in [1.82, 2.24) is 20.4 Å². The third-order valence-electron chi connectivity index (χ3n) is 4.84. The number of amides is 1. The summed E-state index contributed by atoms with van der Waals surface area (Å²) in [6, 6.07) is 5.41. The van der Waals surface area contributed by atoms with Gasteiger partial charge in [0.15, 0.2) is 5.82 Å². The second-order valence-corrected chi connectivity index (χ2v) is 7.19. The second kappa shape index (κ2) is 8.16. The van der Waals surface area contributed by atoms with Crippen LogP contribution in [0, 0.1) is 30.1 Å². The van der Waals surface area contributed by atoms with Crippen LogP contribution in [0.3, 0.4) is 0 Å². The van der Waals surface area contributed by atoms with E-state index in [2.05, 4.69) is 31.4 Å². The SMILES string of the molecule is Cc1noc(C(NC(=O)C2CCN(c3ccc(C#N)cn3)CC2)C(C)C)n1. The van der Waals surface area contributed by atoms with Crippen LogP contribution in [0.15, 0.2) is 22.9 Å². The number of rotatable bonds is 5. The maximum atomic E-state index is 12.7. The largest absolute Gasteiger partial charge is 0.357 e. The third kappa shape index (κ3) is 4.42. The molecule has 3 heterocycles. The first-order chi connectivity index (χ1) is 13.0. The summed E-state index contributed by atoms with van der Waals surface area (Å²) in [6.45, 7) is 7.30. The molecule has 1 N–H and O–H groups in total. The maximum Gasteiger partial charge on any atom is 0.249 e. The van der Waals surface area contributed by atoms with Crippen LogP contribution in [0.1, 0.15) is 50.0 Å². The summed E-state index contributed by atoms with van der Waals surface area (Å²) in [4.78, 5) is 23.5. The highest BCUT2D eigenvalue weighted by Crippen LogP contribution is 2.25. The van der Waals surface area contributed by atoms with Crippen molar-refractivity contribution in [3.63, 3.8) is 0 Å². The lowest BCUT2D eigenvalue weighted by molar-refractivity contribution is -0.126. The lowest BCUT2D eigenvalue weighted by Gasteiger charge is -2.33. The Kier molecular flexibility index (Phi) is 5.69. The molecular weight excluding hydrogens is 344 g/mol. The number of aryl methyl sites for hydroxylation is 1. The predicted molar refractivity (Wildman–Crippen MR) is 98.6 cm³/mol. The number of hydrogen-bond donors (Lipinski definition) is 1. The minimum atomic E-state index is -0.281. The Hall–Kier alpha value is -2.95. The molecule has 0 aliphatic carbocycles. The standard InChI is InChI=1S/C19H24N6O2/c1-12(2)17(19-22-13(3)24-27-19)23-18(26)15-6-8-25(9-7-15)16-5-4-14(10-20)11-21-16/h4-5,11-12,15,17H,6-9H2,1-3H3,(H,23,26). The zero-order valence-electron chi connectivity index (χ0n) is 15.8. The van der Waals surface area contributed by atoms with E-state index in [-0.39, 0.29) is 23.8 Å². The number of nitriles is 1. The first-order valence-electron chi connectivity index (χ1n) is 9.19. The van der Waals surface area contributed by atoms with Crippen LogP contribution in [0.4, 0.5) is 5.82 Å². The van der Waals surface area contributed by atoms with Crippen molar-refractivity contribution >= 4 is 11.7 Å². The number of carbonyl (C=O) groups excluding carboxylic acids is 1. The van der Waals surface area contributed by atoms with Gasteiger partial charge in [-0.2, -0.15) is 10.2 Å². The Morgan fingerprint density at radius 2 is 2.11 bits per heavy atom. The first-order valence-corrected chi connectivity index (χ1v) is 9.19. The van der Waals surface area contributed by atoms with Gasteiger partial charge in [0.25, 0.3) is 0 Å². The van der Waals surface area contributed by atoms with Crippen LogP contribution < -0.4 is 10.2 Å². The van der Waals surface area contributed by atoms with E-state index in [1.54, 1.807) is 19.2 Å². The quantitative estimate of drug-likeness (QED) is 0.863. The highest BCUT2D eigenvalue weighted by Gasteiger charge is 2.30. The molecule has 3 rings (SSSR count). The highest BCUT2D eigenvalue weighted by molar-refractivity contribution is 5.79. The Bertz CT molecular complexity index is 815. The number of aromatic nitrogens is 3. The average molecular weight is 368 g/mol. The third-order valence-corrected chi connectivity index (χ3v) is 4.84. The van der Waals surface area contributed by atoms with Crippen molar-refractivity contribution in [2.75, 3.05) is 18.0 Å². The average Bonchev–Trinajstić information content (AvgIpc) is 3.11. The monoisotopic (exact) mass is 368 g/mol. The van der Waals surface area contributed by atoms with Gasteiger partial charge in [0, 0.05) is 25.2 Å². The van der Waals surface area contributed by atoms with Gasteiger partial charge in [-0.15, -0.1) is 0 Å². The topological polar surface area (TPSA) is 108 Å². The van der Waals surface area contributed by atoms with Crippen LogP contribution in [0.5, 0.6) is 0 Å². The van der Waals surface area contributed by atoms with Gasteiger partial charge in [-0.25, -0.2) is 4.98 Å². The molecule has 1 aliphatic rings. The van der Waals surface area contributed by atoms with Crippen LogP contribution in [-0.2, 0) is 4.79 Å². The number of nitrogens with one attached hydrogen (secondary N) is 1. The molecule has 27 heavy (non-hydrogen) atoms. The zero-order chi connectivity index (χ0) is 19.4. The highest BCUT2D eigenvalue weighted by atomic mass is 16.5. The van der Waals surface area contributed by atoms with Crippen LogP contribution in [0.2, 0.25) is 0 Å². The van der Waals surface area contributed by atoms with E-state index in [1.165, 1.54) is 0 Å². The normalized spacial score (nSPS) is 16.2. The number of hydrogen-bond acceptors (Lipinski definition) is 7. The van der Waals surface area contributed by atoms with Gasteiger partial charge >= 0.3 is 0 Å². The van der Waals surface area contributed by atoms with Gasteiger partial charge in [0.05, 0.1) is 5.56 Å². The molecule has 0 bridgehead atoms. The summed E-state index contributed by atoms with van der Waals surface area (Å²) >= 11 is 0. The van der Waals surface area contributed by atoms with E-state index in [9.17, 15) is 4.79 Å². The Morgan fingerprint density at radius 3 is 2.63 bits per heavy atom. The Morgan fingerprint density at radius 1 is 1.37 bits per heavy atom.